The first-order chi connectivity index (χ1) is 11.6. The lowest BCUT2D eigenvalue weighted by atomic mass is 10.0. The molecule has 136 valence electrons. The van der Waals surface area contributed by atoms with E-state index in [-0.39, 0.29) is 25.7 Å². The third-order valence-electron chi connectivity index (χ3n) is 3.63. The highest BCUT2D eigenvalue weighted by Gasteiger charge is 2.16. The van der Waals surface area contributed by atoms with E-state index in [1.165, 1.54) is 0 Å². The summed E-state index contributed by atoms with van der Waals surface area (Å²) in [7, 11) is 0. The van der Waals surface area contributed by atoms with Gasteiger partial charge in [-0.1, -0.05) is 6.07 Å². The molecular weight excluding hydrogens is 328 g/mol. The second-order valence-electron chi connectivity index (χ2n) is 5.77. The Hall–Kier alpha value is -2.90. The van der Waals surface area contributed by atoms with Crippen molar-refractivity contribution in [3.8, 4) is 0 Å². The van der Waals surface area contributed by atoms with Gasteiger partial charge in [0.2, 0.25) is 11.8 Å². The van der Waals surface area contributed by atoms with Crippen LogP contribution in [0.2, 0.25) is 0 Å². The molecule has 25 heavy (non-hydrogen) atoms. The van der Waals surface area contributed by atoms with Crippen LogP contribution >= 0.6 is 0 Å². The summed E-state index contributed by atoms with van der Waals surface area (Å²) in [5.41, 5.74) is 3.21. The molecule has 0 bridgehead atoms. The van der Waals surface area contributed by atoms with Gasteiger partial charge in [0.25, 0.3) is 0 Å². The minimum absolute atomic E-state index is 0.150. The maximum atomic E-state index is 11.9. The molecule has 0 heterocycles. The molecule has 0 aromatic heterocycles. The maximum Gasteiger partial charge on any atom is 0.303 e. The number of hydrogen-bond donors (Lipinski definition) is 4. The lowest BCUT2D eigenvalue weighted by Crippen LogP contribution is -2.18. The van der Waals surface area contributed by atoms with Crippen molar-refractivity contribution in [2.24, 2.45) is 0 Å². The van der Waals surface area contributed by atoms with Crippen LogP contribution in [-0.2, 0) is 19.2 Å². The first kappa shape index (κ1) is 20.1. The summed E-state index contributed by atoms with van der Waals surface area (Å²) in [4.78, 5) is 44.9. The molecule has 1 aromatic carbocycles. The summed E-state index contributed by atoms with van der Waals surface area (Å²) in [5.74, 6) is -2.97. The van der Waals surface area contributed by atoms with Crippen molar-refractivity contribution in [1.29, 1.82) is 0 Å². The van der Waals surface area contributed by atoms with Crippen LogP contribution in [0.25, 0.3) is 0 Å². The van der Waals surface area contributed by atoms with E-state index in [1.54, 1.807) is 26.8 Å². The molecule has 4 N–H and O–H groups in total. The maximum absolute atomic E-state index is 11.9. The molecule has 0 spiro atoms. The number of aliphatic carboxylic acids is 2. The van der Waals surface area contributed by atoms with Crippen molar-refractivity contribution in [2.75, 3.05) is 10.6 Å². The van der Waals surface area contributed by atoms with Gasteiger partial charge in [0.1, 0.15) is 0 Å². The summed E-state index contributed by atoms with van der Waals surface area (Å²) in [6.07, 6.45) is -0.839. The molecule has 0 saturated heterocycles. The highest BCUT2D eigenvalue weighted by molar-refractivity contribution is 5.98. The van der Waals surface area contributed by atoms with Crippen LogP contribution in [0.15, 0.2) is 6.07 Å². The number of carboxylic acid groups (broad SMARTS) is 2. The summed E-state index contributed by atoms with van der Waals surface area (Å²) in [6.45, 7) is 5.31. The zero-order valence-electron chi connectivity index (χ0n) is 14.4. The Morgan fingerprint density at radius 2 is 1.12 bits per heavy atom. The monoisotopic (exact) mass is 350 g/mol. The zero-order chi connectivity index (χ0) is 19.1. The third kappa shape index (κ3) is 6.25. The third-order valence-corrected chi connectivity index (χ3v) is 3.63. The lowest BCUT2D eigenvalue weighted by Gasteiger charge is -2.18. The quantitative estimate of drug-likeness (QED) is 0.568. The number of aryl methyl sites for hydroxylation is 2. The average molecular weight is 350 g/mol. The number of nitrogens with one attached hydrogen (secondary N) is 2. The van der Waals surface area contributed by atoms with E-state index in [9.17, 15) is 19.2 Å². The van der Waals surface area contributed by atoms with Gasteiger partial charge in [0.15, 0.2) is 0 Å². The average Bonchev–Trinajstić information content (AvgIpc) is 2.51. The molecule has 0 aliphatic heterocycles. The number of amides is 2. The van der Waals surface area contributed by atoms with Crippen molar-refractivity contribution in [3.63, 3.8) is 0 Å². The fraction of sp³-hybridized carbons (Fsp3) is 0.412. The van der Waals surface area contributed by atoms with Crippen molar-refractivity contribution < 1.29 is 29.4 Å². The molecule has 0 aliphatic rings. The second-order valence-corrected chi connectivity index (χ2v) is 5.77. The highest BCUT2D eigenvalue weighted by Crippen LogP contribution is 2.31. The molecule has 0 fully saturated rings. The predicted octanol–water partition coefficient (Wildman–Crippen LogP) is 2.22. The highest BCUT2D eigenvalue weighted by atomic mass is 16.4. The Kier molecular flexibility index (Phi) is 7.10. The molecule has 0 unspecified atom stereocenters. The van der Waals surface area contributed by atoms with Crippen molar-refractivity contribution in [3.05, 3.63) is 22.8 Å². The van der Waals surface area contributed by atoms with Gasteiger partial charge in [-0.3, -0.25) is 19.2 Å². The molecule has 1 rings (SSSR count). The molecule has 2 amide bonds. The topological polar surface area (TPSA) is 133 Å². The summed E-state index contributed by atoms with van der Waals surface area (Å²) in [6, 6.07) is 1.78. The summed E-state index contributed by atoms with van der Waals surface area (Å²) in [5, 5.41) is 22.6. The molecular formula is C17H22N2O6. The van der Waals surface area contributed by atoms with E-state index in [4.69, 9.17) is 10.2 Å². The number of hydrogen-bond acceptors (Lipinski definition) is 4. The van der Waals surface area contributed by atoms with Gasteiger partial charge in [0, 0.05) is 24.2 Å². The standard InChI is InChI=1S/C17H22N2O6/c1-9-8-10(2)17(19-13(21)5-7-15(24)25)11(3)16(9)18-12(20)4-6-14(22)23/h8H,4-7H2,1-3H3,(H,18,20)(H,19,21)(H,22,23)(H,24,25). The minimum Gasteiger partial charge on any atom is -0.481 e. The minimum atomic E-state index is -1.06. The van der Waals surface area contributed by atoms with Crippen LogP contribution in [0.4, 0.5) is 11.4 Å². The first-order valence-electron chi connectivity index (χ1n) is 7.76. The Morgan fingerprint density at radius 3 is 1.44 bits per heavy atom. The molecule has 8 heteroatoms. The van der Waals surface area contributed by atoms with Crippen molar-refractivity contribution in [2.45, 2.75) is 46.5 Å². The predicted molar refractivity (Wildman–Crippen MR) is 91.7 cm³/mol. The normalized spacial score (nSPS) is 10.2. The molecule has 0 aliphatic carbocycles. The van der Waals surface area contributed by atoms with E-state index >= 15 is 0 Å². The van der Waals surface area contributed by atoms with Crippen LogP contribution in [0.3, 0.4) is 0 Å². The molecule has 1 aromatic rings. The largest absolute Gasteiger partial charge is 0.481 e. The number of anilines is 2. The number of rotatable bonds is 8. The van der Waals surface area contributed by atoms with Crippen LogP contribution < -0.4 is 10.6 Å². The molecule has 8 nitrogen and oxygen atoms in total. The van der Waals surface area contributed by atoms with Crippen molar-refractivity contribution >= 4 is 35.1 Å². The van der Waals surface area contributed by atoms with Gasteiger partial charge in [-0.05, 0) is 37.5 Å². The second kappa shape index (κ2) is 8.81. The van der Waals surface area contributed by atoms with Crippen LogP contribution in [0.1, 0.15) is 42.4 Å². The fourth-order valence-electron chi connectivity index (χ4n) is 2.42. The Labute approximate surface area is 145 Å². The summed E-state index contributed by atoms with van der Waals surface area (Å²) < 4.78 is 0. The molecule has 0 radical (unpaired) electrons. The van der Waals surface area contributed by atoms with Gasteiger partial charge in [-0.25, -0.2) is 0 Å². The van der Waals surface area contributed by atoms with Crippen LogP contribution in [0, 0.1) is 20.8 Å². The molecule has 0 saturated carbocycles. The van der Waals surface area contributed by atoms with E-state index < -0.39 is 23.8 Å². The number of benzene rings is 1. The first-order valence-corrected chi connectivity index (χ1v) is 7.76. The van der Waals surface area contributed by atoms with Crippen LogP contribution in [0.5, 0.6) is 0 Å². The van der Waals surface area contributed by atoms with Crippen molar-refractivity contribution in [1.82, 2.24) is 0 Å². The van der Waals surface area contributed by atoms with Gasteiger partial charge >= 0.3 is 11.9 Å². The smallest absolute Gasteiger partial charge is 0.303 e. The van der Waals surface area contributed by atoms with E-state index in [0.717, 1.165) is 11.1 Å². The van der Waals surface area contributed by atoms with Gasteiger partial charge in [-0.2, -0.15) is 0 Å². The van der Waals surface area contributed by atoms with Gasteiger partial charge in [0.05, 0.1) is 12.8 Å². The number of carbonyl (C=O) groups excluding carboxylic acids is 2. The SMILES string of the molecule is Cc1cc(C)c(NC(=O)CCC(=O)O)c(C)c1NC(=O)CCC(=O)O. The van der Waals surface area contributed by atoms with Gasteiger partial charge < -0.3 is 20.8 Å². The zero-order valence-corrected chi connectivity index (χ0v) is 14.4. The Morgan fingerprint density at radius 1 is 0.760 bits per heavy atom. The van der Waals surface area contributed by atoms with E-state index in [0.29, 0.717) is 16.9 Å². The Balaban J connectivity index is 2.97. The lowest BCUT2D eigenvalue weighted by molar-refractivity contribution is -0.138. The Bertz CT molecular complexity index is 655. The summed E-state index contributed by atoms with van der Waals surface area (Å²) >= 11 is 0. The number of carbonyl (C=O) groups is 4. The van der Waals surface area contributed by atoms with E-state index in [2.05, 4.69) is 10.6 Å². The fourth-order valence-corrected chi connectivity index (χ4v) is 2.42. The van der Waals surface area contributed by atoms with Gasteiger partial charge in [-0.15, -0.1) is 0 Å². The number of carboxylic acids is 2. The molecule has 0 atom stereocenters. The van der Waals surface area contributed by atoms with E-state index in [1.807, 2.05) is 0 Å². The van der Waals surface area contributed by atoms with Crippen LogP contribution in [-0.4, -0.2) is 34.0 Å².